The normalized spacial score (nSPS) is 23.1. The number of nitrogens with zero attached hydrogens (tertiary/aromatic N) is 4. The van der Waals surface area contributed by atoms with E-state index in [0.717, 1.165) is 45.1 Å². The van der Waals surface area contributed by atoms with E-state index in [-0.39, 0.29) is 12.0 Å². The summed E-state index contributed by atoms with van der Waals surface area (Å²) in [5.74, 6) is 1.08. The van der Waals surface area contributed by atoms with Crippen LogP contribution in [0.2, 0.25) is 0 Å². The molecule has 3 atom stereocenters. The number of hydrogen-bond acceptors (Lipinski definition) is 4. The molecule has 6 heteroatoms. The number of aryl methyl sites for hydroxylation is 1. The molecule has 5 rings (SSSR count). The number of carbonyl (C=O) groups excluding carboxylic acids is 1. The van der Waals surface area contributed by atoms with E-state index < -0.39 is 0 Å². The Hall–Kier alpha value is -3.15. The van der Waals surface area contributed by atoms with Crippen molar-refractivity contribution in [2.45, 2.75) is 57.4 Å². The summed E-state index contributed by atoms with van der Waals surface area (Å²) in [7, 11) is 0. The third-order valence-electron chi connectivity index (χ3n) is 7.25. The first kappa shape index (κ1) is 21.7. The van der Waals surface area contributed by atoms with E-state index in [1.54, 1.807) is 6.20 Å². The van der Waals surface area contributed by atoms with Gasteiger partial charge in [0.15, 0.2) is 0 Å². The molecular weight excluding hydrogens is 410 g/mol. The van der Waals surface area contributed by atoms with Crippen LogP contribution in [0.3, 0.4) is 0 Å². The monoisotopic (exact) mass is 443 g/mol. The van der Waals surface area contributed by atoms with Crippen molar-refractivity contribution in [2.24, 2.45) is 11.8 Å². The van der Waals surface area contributed by atoms with E-state index in [2.05, 4.69) is 74.9 Å². The molecule has 0 bridgehead atoms. The molecule has 1 aliphatic carbocycles. The SMILES string of the molecule is O=C(CCC1CCCc2cccn2-c2ccccc2NCC1)C1CC=CC(n2ccnn2)C1. The van der Waals surface area contributed by atoms with Crippen molar-refractivity contribution in [3.8, 4) is 5.69 Å². The molecule has 0 saturated heterocycles. The number of ketones is 1. The average Bonchev–Trinajstić information content (AvgIpc) is 3.54. The van der Waals surface area contributed by atoms with E-state index in [1.165, 1.54) is 23.5 Å². The van der Waals surface area contributed by atoms with E-state index >= 15 is 0 Å². The Morgan fingerprint density at radius 2 is 2.06 bits per heavy atom. The number of allylic oxidation sites excluding steroid dienone is 2. The van der Waals surface area contributed by atoms with Gasteiger partial charge in [-0.2, -0.15) is 0 Å². The Morgan fingerprint density at radius 1 is 1.12 bits per heavy atom. The summed E-state index contributed by atoms with van der Waals surface area (Å²) < 4.78 is 4.17. The van der Waals surface area contributed by atoms with Crippen molar-refractivity contribution in [3.63, 3.8) is 0 Å². The molecule has 33 heavy (non-hydrogen) atoms. The van der Waals surface area contributed by atoms with Crippen LogP contribution >= 0.6 is 0 Å². The second-order valence-electron chi connectivity index (χ2n) is 9.41. The number of benzene rings is 1. The molecule has 2 aliphatic rings. The number of hydrogen-bond donors (Lipinski definition) is 1. The number of nitrogens with one attached hydrogen (secondary N) is 1. The highest BCUT2D eigenvalue weighted by atomic mass is 16.1. The molecule has 1 aromatic carbocycles. The number of Topliss-reactive ketones (excluding diaryl/α,β-unsaturated/α-hetero) is 1. The molecular formula is C27H33N5O. The maximum Gasteiger partial charge on any atom is 0.136 e. The van der Waals surface area contributed by atoms with Crippen molar-refractivity contribution in [1.82, 2.24) is 19.6 Å². The molecule has 3 unspecified atom stereocenters. The Labute approximate surface area is 195 Å². The standard InChI is InChI=1S/C27H33N5O/c33-27(22-7-4-9-24(20-22)32-19-17-29-30-32)14-13-21-6-3-8-23-10-5-18-31(23)26-12-2-1-11-25(26)28-16-15-21/h1-2,4-5,9-12,17-19,21-22,24,28H,3,6-8,13-16,20H2. The van der Waals surface area contributed by atoms with Crippen molar-refractivity contribution in [3.05, 3.63) is 72.8 Å². The molecule has 0 fully saturated rings. The predicted octanol–water partition coefficient (Wildman–Crippen LogP) is 5.38. The van der Waals surface area contributed by atoms with Crippen LogP contribution in [0, 0.1) is 11.8 Å². The molecule has 6 nitrogen and oxygen atoms in total. The lowest BCUT2D eigenvalue weighted by atomic mass is 9.84. The van der Waals surface area contributed by atoms with Crippen molar-refractivity contribution < 1.29 is 4.79 Å². The van der Waals surface area contributed by atoms with Gasteiger partial charge in [0.2, 0.25) is 0 Å². The van der Waals surface area contributed by atoms with Crippen LogP contribution in [0.4, 0.5) is 5.69 Å². The number of anilines is 1. The fourth-order valence-electron chi connectivity index (χ4n) is 5.37. The second-order valence-corrected chi connectivity index (χ2v) is 9.41. The zero-order chi connectivity index (χ0) is 22.5. The minimum absolute atomic E-state index is 0.0974. The van der Waals surface area contributed by atoms with Gasteiger partial charge in [-0.15, -0.1) is 5.10 Å². The van der Waals surface area contributed by atoms with Gasteiger partial charge in [-0.1, -0.05) is 29.5 Å². The van der Waals surface area contributed by atoms with E-state index in [9.17, 15) is 4.79 Å². The summed E-state index contributed by atoms with van der Waals surface area (Å²) in [5, 5.41) is 11.7. The first-order valence-corrected chi connectivity index (χ1v) is 12.3. The topological polar surface area (TPSA) is 64.7 Å². The fourth-order valence-corrected chi connectivity index (χ4v) is 5.37. The minimum Gasteiger partial charge on any atom is -0.383 e. The molecule has 172 valence electrons. The van der Waals surface area contributed by atoms with Crippen molar-refractivity contribution >= 4 is 11.5 Å². The molecule has 0 amide bonds. The molecule has 0 radical (unpaired) electrons. The van der Waals surface area contributed by atoms with Gasteiger partial charge in [-0.3, -0.25) is 4.79 Å². The largest absolute Gasteiger partial charge is 0.383 e. The van der Waals surface area contributed by atoms with Crippen LogP contribution in [0.1, 0.15) is 56.7 Å². The van der Waals surface area contributed by atoms with Crippen LogP contribution in [-0.4, -0.2) is 31.9 Å². The molecule has 1 aliphatic heterocycles. The Balaban J connectivity index is 1.20. The summed E-state index contributed by atoms with van der Waals surface area (Å²) in [6.45, 7) is 0.938. The van der Waals surface area contributed by atoms with E-state index in [0.29, 0.717) is 18.1 Å². The van der Waals surface area contributed by atoms with E-state index in [4.69, 9.17) is 0 Å². The van der Waals surface area contributed by atoms with Crippen LogP contribution < -0.4 is 5.32 Å². The van der Waals surface area contributed by atoms with Gasteiger partial charge in [0.25, 0.3) is 0 Å². The molecule has 3 aromatic rings. The zero-order valence-corrected chi connectivity index (χ0v) is 19.1. The maximum atomic E-state index is 13.1. The van der Waals surface area contributed by atoms with Crippen LogP contribution in [0.5, 0.6) is 0 Å². The molecule has 2 aromatic heterocycles. The molecule has 0 spiro atoms. The van der Waals surface area contributed by atoms with Crippen LogP contribution in [0.25, 0.3) is 5.69 Å². The number of carbonyl (C=O) groups is 1. The zero-order valence-electron chi connectivity index (χ0n) is 19.1. The van der Waals surface area contributed by atoms with Gasteiger partial charge >= 0.3 is 0 Å². The number of aromatic nitrogens is 4. The summed E-state index contributed by atoms with van der Waals surface area (Å²) >= 11 is 0. The predicted molar refractivity (Wildman–Crippen MR) is 130 cm³/mol. The number of rotatable bonds is 5. The van der Waals surface area contributed by atoms with Crippen molar-refractivity contribution in [1.29, 1.82) is 0 Å². The summed E-state index contributed by atoms with van der Waals surface area (Å²) in [5.41, 5.74) is 3.76. The van der Waals surface area contributed by atoms with Crippen molar-refractivity contribution in [2.75, 3.05) is 11.9 Å². The smallest absolute Gasteiger partial charge is 0.136 e. The highest BCUT2D eigenvalue weighted by Gasteiger charge is 2.26. The minimum atomic E-state index is 0.0974. The summed E-state index contributed by atoms with van der Waals surface area (Å²) in [6.07, 6.45) is 17.9. The third-order valence-corrected chi connectivity index (χ3v) is 7.25. The molecule has 3 heterocycles. The summed E-state index contributed by atoms with van der Waals surface area (Å²) in [6, 6.07) is 13.1. The average molecular weight is 444 g/mol. The molecule has 1 N–H and O–H groups in total. The second kappa shape index (κ2) is 10.2. The maximum absolute atomic E-state index is 13.1. The summed E-state index contributed by atoms with van der Waals surface area (Å²) in [4.78, 5) is 13.1. The Kier molecular flexibility index (Phi) is 6.70. The molecule has 0 saturated carbocycles. The highest BCUT2D eigenvalue weighted by Crippen LogP contribution is 2.30. The van der Waals surface area contributed by atoms with Gasteiger partial charge in [-0.05, 0) is 75.1 Å². The Morgan fingerprint density at radius 3 is 2.97 bits per heavy atom. The van der Waals surface area contributed by atoms with Gasteiger partial charge < -0.3 is 9.88 Å². The first-order valence-electron chi connectivity index (χ1n) is 12.3. The third kappa shape index (κ3) is 5.10. The number of fused-ring (bicyclic) bond motifs is 3. The number of para-hydroxylation sites is 2. The quantitative estimate of drug-likeness (QED) is 0.538. The van der Waals surface area contributed by atoms with Gasteiger partial charge in [0.05, 0.1) is 23.6 Å². The lowest BCUT2D eigenvalue weighted by molar-refractivity contribution is -0.123. The van der Waals surface area contributed by atoms with Gasteiger partial charge in [0, 0.05) is 37.0 Å². The van der Waals surface area contributed by atoms with Gasteiger partial charge in [-0.25, -0.2) is 4.68 Å². The van der Waals surface area contributed by atoms with Gasteiger partial charge in [0.1, 0.15) is 5.78 Å². The lowest BCUT2D eigenvalue weighted by Gasteiger charge is -2.24. The van der Waals surface area contributed by atoms with E-state index in [1.807, 2.05) is 10.9 Å². The van der Waals surface area contributed by atoms with Crippen LogP contribution in [0.15, 0.2) is 67.1 Å². The first-order chi connectivity index (χ1) is 16.3. The van der Waals surface area contributed by atoms with Crippen LogP contribution in [-0.2, 0) is 11.2 Å². The Bertz CT molecular complexity index is 1080. The lowest BCUT2D eigenvalue weighted by Crippen LogP contribution is -2.23. The fraction of sp³-hybridized carbons (Fsp3) is 0.444. The highest BCUT2D eigenvalue weighted by molar-refractivity contribution is 5.81.